The number of benzene rings is 1. The van der Waals surface area contributed by atoms with E-state index in [4.69, 9.17) is 16.4 Å². The van der Waals surface area contributed by atoms with Crippen LogP contribution in [0, 0.1) is 4.78 Å². The second kappa shape index (κ2) is 7.76. The molecule has 0 fully saturated rings. The van der Waals surface area contributed by atoms with Crippen molar-refractivity contribution in [1.29, 1.82) is 4.78 Å². The number of hydrogen-bond donors (Lipinski definition) is 2. The molecule has 0 bridgehead atoms. The van der Waals surface area contributed by atoms with E-state index in [0.717, 1.165) is 0 Å². The summed E-state index contributed by atoms with van der Waals surface area (Å²) in [5.74, 6) is 0.113. The first kappa shape index (κ1) is 17.0. The summed E-state index contributed by atoms with van der Waals surface area (Å²) >= 11 is 7.19. The molecule has 118 valence electrons. The Bertz CT molecular complexity index is 727. The van der Waals surface area contributed by atoms with Crippen LogP contribution in [0.4, 0.5) is 0 Å². The van der Waals surface area contributed by atoms with Gasteiger partial charge in [0.2, 0.25) is 0 Å². The van der Waals surface area contributed by atoms with Crippen LogP contribution in [0.25, 0.3) is 0 Å². The van der Waals surface area contributed by atoms with Crippen LogP contribution in [0.1, 0.15) is 22.5 Å². The summed E-state index contributed by atoms with van der Waals surface area (Å²) in [4.78, 5) is 12.9. The third-order valence-corrected chi connectivity index (χ3v) is 6.33. The Morgan fingerprint density at radius 3 is 2.59 bits per heavy atom. The molecular weight excluding hydrogens is 340 g/mol. The molecule has 0 saturated heterocycles. The van der Waals surface area contributed by atoms with E-state index in [9.17, 15) is 9.00 Å². The van der Waals surface area contributed by atoms with Gasteiger partial charge >= 0.3 is 0 Å². The van der Waals surface area contributed by atoms with Crippen LogP contribution in [0.2, 0.25) is 5.02 Å². The van der Waals surface area contributed by atoms with Crippen molar-refractivity contribution >= 4 is 38.6 Å². The first-order valence-corrected chi connectivity index (χ1v) is 9.82. The molecule has 0 spiro atoms. The number of halogens is 1. The van der Waals surface area contributed by atoms with Gasteiger partial charge in [-0.2, -0.15) is 0 Å². The fourth-order valence-corrected chi connectivity index (χ4v) is 4.43. The molecule has 0 aliphatic rings. The van der Waals surface area contributed by atoms with Gasteiger partial charge in [-0.05, 0) is 36.4 Å². The molecule has 0 saturated carbocycles. The van der Waals surface area contributed by atoms with Gasteiger partial charge in [0.25, 0.3) is 5.91 Å². The van der Waals surface area contributed by atoms with Crippen molar-refractivity contribution in [2.24, 2.45) is 0 Å². The lowest BCUT2D eigenvalue weighted by Crippen LogP contribution is -2.24. The zero-order valence-corrected chi connectivity index (χ0v) is 14.3. The highest BCUT2D eigenvalue weighted by Gasteiger charge is 2.12. The van der Waals surface area contributed by atoms with Crippen LogP contribution < -0.4 is 5.32 Å². The number of nitrogens with one attached hydrogen (secondary N) is 2. The SMILES string of the molecule is N=S(=O)(CCCCNC(=O)c1sccc1Cl)c1ccccc1. The third-order valence-electron chi connectivity index (χ3n) is 3.09. The fourth-order valence-electron chi connectivity index (χ4n) is 1.93. The van der Waals surface area contributed by atoms with Gasteiger partial charge < -0.3 is 5.32 Å². The molecule has 1 heterocycles. The molecule has 0 aliphatic carbocycles. The summed E-state index contributed by atoms with van der Waals surface area (Å²) < 4.78 is 20.2. The minimum Gasteiger partial charge on any atom is -0.351 e. The summed E-state index contributed by atoms with van der Waals surface area (Å²) in [5.41, 5.74) is 0. The van der Waals surface area contributed by atoms with Crippen molar-refractivity contribution in [3.8, 4) is 0 Å². The monoisotopic (exact) mass is 356 g/mol. The van der Waals surface area contributed by atoms with E-state index in [1.165, 1.54) is 11.3 Å². The number of rotatable bonds is 7. The lowest BCUT2D eigenvalue weighted by Gasteiger charge is -2.08. The zero-order chi connectivity index (χ0) is 16.0. The summed E-state index contributed by atoms with van der Waals surface area (Å²) in [6, 6.07) is 10.5. The third kappa shape index (κ3) is 4.56. The highest BCUT2D eigenvalue weighted by molar-refractivity contribution is 7.92. The molecule has 0 aliphatic heterocycles. The Hall–Kier alpha value is -1.37. The van der Waals surface area contributed by atoms with E-state index in [-0.39, 0.29) is 5.91 Å². The van der Waals surface area contributed by atoms with E-state index in [2.05, 4.69) is 5.32 Å². The number of hydrogen-bond acceptors (Lipinski definition) is 4. The molecule has 1 aromatic carbocycles. The van der Waals surface area contributed by atoms with Crippen molar-refractivity contribution in [2.75, 3.05) is 12.3 Å². The molecular formula is C15H17ClN2O2S2. The number of amides is 1. The Morgan fingerprint density at radius 2 is 1.95 bits per heavy atom. The summed E-state index contributed by atoms with van der Waals surface area (Å²) in [5, 5.41) is 5.01. The lowest BCUT2D eigenvalue weighted by molar-refractivity contribution is 0.0957. The first-order chi connectivity index (χ1) is 10.5. The predicted molar refractivity (Wildman–Crippen MR) is 91.3 cm³/mol. The zero-order valence-electron chi connectivity index (χ0n) is 11.9. The van der Waals surface area contributed by atoms with E-state index >= 15 is 0 Å². The van der Waals surface area contributed by atoms with Crippen LogP contribution in [0.3, 0.4) is 0 Å². The van der Waals surface area contributed by atoms with Gasteiger partial charge in [0.15, 0.2) is 0 Å². The molecule has 1 amide bonds. The normalized spacial score (nSPS) is 13.5. The summed E-state index contributed by atoms with van der Waals surface area (Å²) in [7, 11) is -2.74. The van der Waals surface area contributed by atoms with Crippen LogP contribution >= 0.6 is 22.9 Å². The van der Waals surface area contributed by atoms with Gasteiger partial charge in [-0.25, -0.2) is 8.99 Å². The van der Waals surface area contributed by atoms with Gasteiger partial charge in [-0.15, -0.1) is 11.3 Å². The average Bonchev–Trinajstić information content (AvgIpc) is 2.94. The number of carbonyl (C=O) groups is 1. The van der Waals surface area contributed by atoms with Crippen molar-refractivity contribution in [1.82, 2.24) is 5.32 Å². The predicted octanol–water partition coefficient (Wildman–Crippen LogP) is 4.02. The molecule has 2 rings (SSSR count). The van der Waals surface area contributed by atoms with Crippen molar-refractivity contribution < 1.29 is 9.00 Å². The molecule has 1 unspecified atom stereocenters. The molecule has 7 heteroatoms. The van der Waals surface area contributed by atoms with Crippen LogP contribution in [-0.4, -0.2) is 22.4 Å². The van der Waals surface area contributed by atoms with Crippen molar-refractivity contribution in [2.45, 2.75) is 17.7 Å². The maximum absolute atomic E-state index is 12.3. The molecule has 2 aromatic rings. The van der Waals surface area contributed by atoms with E-state index < -0.39 is 9.73 Å². The maximum atomic E-state index is 12.3. The first-order valence-electron chi connectivity index (χ1n) is 6.83. The highest BCUT2D eigenvalue weighted by Crippen LogP contribution is 2.21. The number of unbranched alkanes of at least 4 members (excludes halogenated alkanes) is 1. The van der Waals surface area contributed by atoms with Gasteiger partial charge in [-0.3, -0.25) is 4.79 Å². The molecule has 1 atom stereocenters. The van der Waals surface area contributed by atoms with Crippen molar-refractivity contribution in [3.63, 3.8) is 0 Å². The maximum Gasteiger partial charge on any atom is 0.262 e. The number of carbonyl (C=O) groups excluding carboxylic acids is 1. The van der Waals surface area contributed by atoms with Crippen LogP contribution in [0.15, 0.2) is 46.7 Å². The Morgan fingerprint density at radius 1 is 1.23 bits per heavy atom. The fraction of sp³-hybridized carbons (Fsp3) is 0.267. The molecule has 4 nitrogen and oxygen atoms in total. The standard InChI is InChI=1S/C15H17ClN2O2S2/c16-13-8-10-21-14(13)15(19)18-9-4-5-11-22(17,20)12-6-2-1-3-7-12/h1-3,6-8,10,17H,4-5,9,11H2,(H,18,19). The topological polar surface area (TPSA) is 70.0 Å². The molecule has 1 aromatic heterocycles. The minimum absolute atomic E-state index is 0.185. The van der Waals surface area contributed by atoms with E-state index in [1.54, 1.807) is 35.7 Å². The summed E-state index contributed by atoms with van der Waals surface area (Å²) in [6.07, 6.45) is 1.30. The van der Waals surface area contributed by atoms with Gasteiger partial charge in [0.1, 0.15) is 4.88 Å². The van der Waals surface area contributed by atoms with Gasteiger partial charge in [0.05, 0.1) is 14.8 Å². The highest BCUT2D eigenvalue weighted by atomic mass is 35.5. The minimum atomic E-state index is -2.74. The second-order valence-electron chi connectivity index (χ2n) is 4.75. The Labute approximate surface area is 139 Å². The lowest BCUT2D eigenvalue weighted by atomic mass is 10.3. The molecule has 2 N–H and O–H groups in total. The summed E-state index contributed by atoms with van der Waals surface area (Å²) in [6.45, 7) is 0.484. The Balaban J connectivity index is 1.74. The van der Waals surface area contributed by atoms with Gasteiger partial charge in [0, 0.05) is 17.2 Å². The molecule has 0 radical (unpaired) electrons. The second-order valence-corrected chi connectivity index (χ2v) is 8.31. The quantitative estimate of drug-likeness (QED) is 0.735. The van der Waals surface area contributed by atoms with E-state index in [0.29, 0.717) is 39.9 Å². The largest absolute Gasteiger partial charge is 0.351 e. The Kier molecular flexibility index (Phi) is 5.99. The smallest absolute Gasteiger partial charge is 0.262 e. The van der Waals surface area contributed by atoms with Gasteiger partial charge in [-0.1, -0.05) is 29.8 Å². The van der Waals surface area contributed by atoms with Crippen molar-refractivity contribution in [3.05, 3.63) is 51.7 Å². The molecule has 22 heavy (non-hydrogen) atoms. The number of thiophene rings is 1. The van der Waals surface area contributed by atoms with Crippen LogP contribution in [-0.2, 0) is 9.73 Å². The van der Waals surface area contributed by atoms with E-state index in [1.807, 2.05) is 6.07 Å². The average molecular weight is 357 g/mol. The van der Waals surface area contributed by atoms with Crippen LogP contribution in [0.5, 0.6) is 0 Å².